The van der Waals surface area contributed by atoms with Gasteiger partial charge in [-0.25, -0.2) is 4.40 Å². The molecule has 1 aromatic carbocycles. The predicted molar refractivity (Wildman–Crippen MR) is 64.0 cm³/mol. The molecule has 2 aliphatic rings. The third kappa shape index (κ3) is 1.46. The van der Waals surface area contributed by atoms with Gasteiger partial charge in [-0.15, -0.1) is 0 Å². The average Bonchev–Trinajstić information content (AvgIpc) is 3.00. The molecule has 72 valence electrons. The lowest BCUT2D eigenvalue weighted by Gasteiger charge is -2.24. The van der Waals surface area contributed by atoms with E-state index in [0.29, 0.717) is 6.04 Å². The van der Waals surface area contributed by atoms with Crippen LogP contribution in [0, 0.1) is 0 Å². The van der Waals surface area contributed by atoms with Gasteiger partial charge in [0.05, 0.1) is 10.6 Å². The number of hydrogen-bond donors (Lipinski definition) is 0. The summed E-state index contributed by atoms with van der Waals surface area (Å²) in [6, 6.07) is 7.05. The topological polar surface area (TPSA) is 15.6 Å². The molecule has 0 atom stereocenters. The highest BCUT2D eigenvalue weighted by molar-refractivity contribution is 9.10. The predicted octanol–water partition coefficient (Wildman–Crippen LogP) is 3.47. The lowest BCUT2D eigenvalue weighted by Crippen LogP contribution is -2.25. The average molecular weight is 269 g/mol. The van der Waals surface area contributed by atoms with E-state index in [-0.39, 0.29) is 0 Å². The van der Waals surface area contributed by atoms with Gasteiger partial charge in [-0.3, -0.25) is 0 Å². The highest BCUT2D eigenvalue weighted by atomic mass is 79.9. The first-order valence-corrected chi connectivity index (χ1v) is 6.19. The summed E-state index contributed by atoms with van der Waals surface area (Å²) in [5.41, 5.74) is 1.29. The Bertz CT molecular complexity index is 401. The van der Waals surface area contributed by atoms with Crippen LogP contribution >= 0.6 is 27.9 Å². The summed E-state index contributed by atoms with van der Waals surface area (Å²) >= 11 is 5.06. The Morgan fingerprint density at radius 2 is 2.29 bits per heavy atom. The number of halogens is 1. The molecular weight excluding hydrogens is 260 g/mol. The van der Waals surface area contributed by atoms with Crippen molar-refractivity contribution in [2.45, 2.75) is 23.8 Å². The number of fused-ring (bicyclic) bond motifs is 1. The molecule has 0 spiro atoms. The van der Waals surface area contributed by atoms with Crippen molar-refractivity contribution in [3.8, 4) is 0 Å². The first kappa shape index (κ1) is 8.80. The molecule has 0 radical (unpaired) electrons. The van der Waals surface area contributed by atoms with Crippen LogP contribution in [0.25, 0.3) is 0 Å². The number of nitrogens with zero attached hydrogens (tertiary/aromatic N) is 2. The molecule has 4 heteroatoms. The quantitative estimate of drug-likeness (QED) is 0.725. The Balaban J connectivity index is 2.06. The molecule has 0 amide bonds. The van der Waals surface area contributed by atoms with Crippen LogP contribution in [0.15, 0.2) is 32.0 Å². The number of hydrogen-bond acceptors (Lipinski definition) is 3. The van der Waals surface area contributed by atoms with E-state index in [2.05, 4.69) is 43.4 Å². The summed E-state index contributed by atoms with van der Waals surface area (Å²) in [7, 11) is 0. The van der Waals surface area contributed by atoms with Gasteiger partial charge in [-0.05, 0) is 31.0 Å². The van der Waals surface area contributed by atoms with Gasteiger partial charge in [0.25, 0.3) is 0 Å². The normalized spacial score (nSPS) is 19.6. The van der Waals surface area contributed by atoms with Gasteiger partial charge >= 0.3 is 0 Å². The van der Waals surface area contributed by atoms with Crippen LogP contribution in [0.5, 0.6) is 0 Å². The van der Waals surface area contributed by atoms with Gasteiger partial charge in [0.2, 0.25) is 0 Å². The number of rotatable bonds is 1. The van der Waals surface area contributed by atoms with Gasteiger partial charge in [0, 0.05) is 22.5 Å². The third-order valence-electron chi connectivity index (χ3n) is 2.46. The van der Waals surface area contributed by atoms with Crippen LogP contribution in [0.2, 0.25) is 0 Å². The molecule has 0 saturated heterocycles. The van der Waals surface area contributed by atoms with Crippen LogP contribution in [0.3, 0.4) is 0 Å². The lowest BCUT2D eigenvalue weighted by atomic mass is 10.3. The number of benzene rings is 1. The molecule has 1 aliphatic heterocycles. The fraction of sp³-hybridized carbons (Fsp3) is 0.300. The fourth-order valence-corrected chi connectivity index (χ4v) is 2.60. The molecule has 0 N–H and O–H groups in total. The SMILES string of the molecule is Brc1ccc2c(c1)N(C1CC1)C=NS2. The van der Waals surface area contributed by atoms with E-state index >= 15 is 0 Å². The van der Waals surface area contributed by atoms with Gasteiger partial charge in [0.15, 0.2) is 0 Å². The van der Waals surface area contributed by atoms with Crippen molar-refractivity contribution >= 4 is 39.9 Å². The summed E-state index contributed by atoms with van der Waals surface area (Å²) in [5, 5.41) is 0. The molecule has 1 aliphatic carbocycles. The standard InChI is InChI=1S/C10H9BrN2S/c11-7-1-4-10-9(5-7)13(6-12-14-10)8-2-3-8/h1,4-6,8H,2-3H2. The zero-order chi connectivity index (χ0) is 9.54. The summed E-state index contributed by atoms with van der Waals surface area (Å²) in [6.07, 6.45) is 4.54. The maximum atomic E-state index is 4.29. The smallest absolute Gasteiger partial charge is 0.104 e. The zero-order valence-corrected chi connectivity index (χ0v) is 9.88. The Morgan fingerprint density at radius 3 is 3.07 bits per heavy atom. The molecule has 1 heterocycles. The lowest BCUT2D eigenvalue weighted by molar-refractivity contribution is 0.996. The molecule has 0 aromatic heterocycles. The number of anilines is 1. The van der Waals surface area contributed by atoms with Crippen LogP contribution < -0.4 is 4.90 Å². The second-order valence-corrected chi connectivity index (χ2v) is 5.31. The summed E-state index contributed by atoms with van der Waals surface area (Å²) in [6.45, 7) is 0. The van der Waals surface area contributed by atoms with Crippen molar-refractivity contribution < 1.29 is 0 Å². The van der Waals surface area contributed by atoms with E-state index < -0.39 is 0 Å². The van der Waals surface area contributed by atoms with E-state index in [9.17, 15) is 0 Å². The summed E-state index contributed by atoms with van der Waals surface area (Å²) in [5.74, 6) is 0. The molecule has 0 bridgehead atoms. The first-order chi connectivity index (χ1) is 6.84. The maximum absolute atomic E-state index is 4.29. The van der Waals surface area contributed by atoms with E-state index in [0.717, 1.165) is 4.47 Å². The Kier molecular flexibility index (Phi) is 2.06. The molecule has 2 nitrogen and oxygen atoms in total. The minimum absolute atomic E-state index is 0.688. The van der Waals surface area contributed by atoms with Crippen molar-refractivity contribution in [1.82, 2.24) is 0 Å². The van der Waals surface area contributed by atoms with Crippen LogP contribution in [-0.4, -0.2) is 12.4 Å². The Labute approximate surface area is 95.7 Å². The van der Waals surface area contributed by atoms with Gasteiger partial charge in [0.1, 0.15) is 6.34 Å². The van der Waals surface area contributed by atoms with Crippen LogP contribution in [0.4, 0.5) is 5.69 Å². The Hall–Kier alpha value is -0.480. The van der Waals surface area contributed by atoms with Crippen molar-refractivity contribution in [2.75, 3.05) is 4.90 Å². The van der Waals surface area contributed by atoms with Gasteiger partial charge in [-0.2, -0.15) is 0 Å². The summed E-state index contributed by atoms with van der Waals surface area (Å²) < 4.78 is 5.43. The molecule has 1 saturated carbocycles. The van der Waals surface area contributed by atoms with E-state index in [1.807, 2.05) is 6.34 Å². The minimum Gasteiger partial charge on any atom is -0.328 e. The minimum atomic E-state index is 0.688. The summed E-state index contributed by atoms with van der Waals surface area (Å²) in [4.78, 5) is 3.54. The van der Waals surface area contributed by atoms with E-state index in [4.69, 9.17) is 0 Å². The van der Waals surface area contributed by atoms with Crippen molar-refractivity contribution in [3.05, 3.63) is 22.7 Å². The highest BCUT2D eigenvalue weighted by Gasteiger charge is 2.31. The third-order valence-corrected chi connectivity index (χ3v) is 3.70. The highest BCUT2D eigenvalue weighted by Crippen LogP contribution is 2.40. The zero-order valence-electron chi connectivity index (χ0n) is 7.48. The van der Waals surface area contributed by atoms with Crippen LogP contribution in [-0.2, 0) is 0 Å². The molecular formula is C10H9BrN2S. The van der Waals surface area contributed by atoms with E-state index in [1.54, 1.807) is 11.9 Å². The first-order valence-electron chi connectivity index (χ1n) is 4.63. The van der Waals surface area contributed by atoms with Crippen LogP contribution in [0.1, 0.15) is 12.8 Å². The van der Waals surface area contributed by atoms with Gasteiger partial charge in [-0.1, -0.05) is 15.9 Å². The molecule has 14 heavy (non-hydrogen) atoms. The molecule has 0 unspecified atom stereocenters. The monoisotopic (exact) mass is 268 g/mol. The molecule has 1 fully saturated rings. The van der Waals surface area contributed by atoms with Gasteiger partial charge < -0.3 is 4.90 Å². The van der Waals surface area contributed by atoms with Crippen molar-refractivity contribution in [2.24, 2.45) is 4.40 Å². The molecule has 3 rings (SSSR count). The van der Waals surface area contributed by atoms with Crippen molar-refractivity contribution in [3.63, 3.8) is 0 Å². The Morgan fingerprint density at radius 1 is 1.43 bits per heavy atom. The van der Waals surface area contributed by atoms with E-state index in [1.165, 1.54) is 23.4 Å². The van der Waals surface area contributed by atoms with Crippen molar-refractivity contribution in [1.29, 1.82) is 0 Å². The second kappa shape index (κ2) is 3.28. The molecule has 1 aromatic rings. The second-order valence-electron chi connectivity index (χ2n) is 3.56. The maximum Gasteiger partial charge on any atom is 0.104 e. The largest absolute Gasteiger partial charge is 0.328 e. The fourth-order valence-electron chi connectivity index (χ4n) is 1.61.